The van der Waals surface area contributed by atoms with Crippen molar-refractivity contribution in [2.24, 2.45) is 0 Å². The summed E-state index contributed by atoms with van der Waals surface area (Å²) in [6.45, 7) is 12.9. The van der Waals surface area contributed by atoms with Crippen LogP contribution in [-0.4, -0.2) is 253 Å². The van der Waals surface area contributed by atoms with Crippen molar-refractivity contribution in [2.75, 3.05) is 97.3 Å². The molecule has 0 aromatic heterocycles. The summed E-state index contributed by atoms with van der Waals surface area (Å²) in [6, 6.07) is 9.86. The number of aliphatic hydroxyl groups is 1. The van der Waals surface area contributed by atoms with E-state index in [9.17, 15) is 57.5 Å². The molecule has 2 aromatic rings. The maximum atomic E-state index is 12.9. The second-order valence-electron chi connectivity index (χ2n) is 20.1. The standard InChI is InChI=1S/C20H26N2O6Si.C10H10BrNO2.C10H17NO4Si.C6H11NO5.C5H8ClNO4.C4H7NO5.C2H2O3/c1-26-15-8-7-14-12-22(17(23)16(14)11-15)13-20(18(24)27-2,21-19(25)28-3)9-10-29(4,5)6;1-14-8-3-2-7-5-12(6-11)10(13)9(7)4-8;1-14-9(12)8(11-10(13)15-2)6-7-16(3,4)5;1-10-4(5(8)11-2)7-6(9)12-3;1-10-4(8)3(6)7-5(9)11-2;1-10-4(9)5-2(6)3(7)8;3-1-2(4)5/h7-8,11H,12-13H2,1-6H3,(H,21,25);2-4H,5-6H2,1H3;8H,1-5H3,(H,11,13);4H,1-3H3,(H,7,9);3H,1-2H3,(H,7,9);2,6H,1H3,(H,5,9)(H,7,8);1H,(H,4,5). The molecule has 40 heteroatoms. The fraction of sp³-hybridized carbons (Fsp3) is 0.474. The number of hydrogen-bond donors (Lipinski definition) is 8. The molecule has 540 valence electrons. The Kier molecular flexibility index (Phi) is 44.3. The number of nitrogens with one attached hydrogen (secondary N) is 5. The fourth-order valence-corrected chi connectivity index (χ4v) is 7.95. The lowest BCUT2D eigenvalue weighted by atomic mass is 10.00. The van der Waals surface area contributed by atoms with Gasteiger partial charge in [0.2, 0.25) is 29.8 Å². The Labute approximate surface area is 573 Å². The highest BCUT2D eigenvalue weighted by molar-refractivity contribution is 9.09. The average molecular weight is 1500 g/mol. The number of benzene rings is 2. The van der Waals surface area contributed by atoms with Gasteiger partial charge in [-0.25, -0.2) is 52.7 Å². The summed E-state index contributed by atoms with van der Waals surface area (Å²) in [4.78, 5) is 155. The maximum Gasteiger partial charge on any atom is 0.409 e. The number of alkyl carbamates (subject to hydrolysis) is 5. The van der Waals surface area contributed by atoms with Crippen molar-refractivity contribution in [2.45, 2.75) is 81.9 Å². The van der Waals surface area contributed by atoms with Crippen molar-refractivity contribution in [3.8, 4) is 34.4 Å². The molecule has 2 aliphatic heterocycles. The Hall–Kier alpha value is -9.94. The zero-order valence-corrected chi connectivity index (χ0v) is 60.6. The predicted molar refractivity (Wildman–Crippen MR) is 347 cm³/mol. The van der Waals surface area contributed by atoms with Gasteiger partial charge in [-0.3, -0.25) is 41.0 Å². The molecule has 0 saturated heterocycles. The van der Waals surface area contributed by atoms with E-state index in [2.05, 4.69) is 97.4 Å². The van der Waals surface area contributed by atoms with Gasteiger partial charge in [0.05, 0.1) is 90.2 Å². The third-order valence-corrected chi connectivity index (χ3v) is 13.5. The van der Waals surface area contributed by atoms with Crippen molar-refractivity contribution in [3.63, 3.8) is 0 Å². The molecule has 0 aliphatic carbocycles. The maximum absolute atomic E-state index is 12.9. The SMILES string of the molecule is COC(=O)NC(C#C[Si](C)(C)C)(CN1Cc2ccc(OC)cc2C1=O)C(=O)OC.COC(=O)NC(C#C[Si](C)(C)C)C(=O)OC.COC(=O)NC(Cl)C(=O)OC.COC(=O)NC(O)C(=O)O.COC(=O)NC(OC)C(=O)OC.COc1ccc2c(c1)C(=O)N(CBr)C2.O=CC(=O)O. The van der Waals surface area contributed by atoms with Gasteiger partial charge in [0.15, 0.2) is 6.04 Å². The molecule has 0 fully saturated rings. The number of alkyl halides is 2. The van der Waals surface area contributed by atoms with Crippen LogP contribution in [0.2, 0.25) is 39.3 Å². The molecule has 5 atom stereocenters. The van der Waals surface area contributed by atoms with E-state index in [-0.39, 0.29) is 31.2 Å². The van der Waals surface area contributed by atoms with Gasteiger partial charge in [0, 0.05) is 31.3 Å². The summed E-state index contributed by atoms with van der Waals surface area (Å²) in [6.07, 6.45) is -7.28. The normalized spacial score (nSPS) is 12.8. The predicted octanol–water partition coefficient (Wildman–Crippen LogP) is 2.15. The largest absolute Gasteiger partial charge is 0.497 e. The summed E-state index contributed by atoms with van der Waals surface area (Å²) in [5.41, 5.74) is 6.81. The van der Waals surface area contributed by atoms with Gasteiger partial charge in [-0.15, -0.1) is 11.1 Å². The Bertz CT molecular complexity index is 3170. The summed E-state index contributed by atoms with van der Waals surface area (Å²) in [7, 11) is 11.5. The minimum Gasteiger partial charge on any atom is -0.497 e. The van der Waals surface area contributed by atoms with Gasteiger partial charge in [-0.2, -0.15) is 0 Å². The minimum absolute atomic E-state index is 0.0655. The number of fused-ring (bicyclic) bond motifs is 2. The van der Waals surface area contributed by atoms with E-state index in [1.54, 1.807) is 41.6 Å². The number of esters is 4. The smallest absolute Gasteiger partial charge is 0.409 e. The van der Waals surface area contributed by atoms with E-state index >= 15 is 0 Å². The molecule has 2 aliphatic rings. The van der Waals surface area contributed by atoms with Crippen LogP contribution in [0.4, 0.5) is 24.0 Å². The number of halogens is 2. The van der Waals surface area contributed by atoms with Crippen LogP contribution in [0.25, 0.3) is 0 Å². The number of nitrogens with zero attached hydrogens (tertiary/aromatic N) is 2. The van der Waals surface area contributed by atoms with Gasteiger partial charge in [0.25, 0.3) is 11.8 Å². The van der Waals surface area contributed by atoms with Gasteiger partial charge in [-0.1, -0.05) is 90.8 Å². The number of carbonyl (C=O) groups is 14. The molecule has 0 spiro atoms. The quantitative estimate of drug-likeness (QED) is 0.0129. The number of carboxylic acid groups (broad SMARTS) is 2. The molecule has 4 rings (SSSR count). The molecule has 2 aromatic carbocycles. The molecular formula is C57H81BrClN7O29Si2. The van der Waals surface area contributed by atoms with Crippen LogP contribution in [0.3, 0.4) is 0 Å². The lowest BCUT2D eigenvalue weighted by molar-refractivity contribution is -0.154. The van der Waals surface area contributed by atoms with Crippen molar-refractivity contribution in [1.29, 1.82) is 0 Å². The molecule has 97 heavy (non-hydrogen) atoms. The van der Waals surface area contributed by atoms with Gasteiger partial charge < -0.3 is 82.0 Å². The van der Waals surface area contributed by atoms with Crippen LogP contribution in [0, 0.1) is 22.9 Å². The second-order valence-corrected chi connectivity index (χ2v) is 30.5. The first-order chi connectivity index (χ1) is 45.2. The Balaban J connectivity index is -0.00000113. The fourth-order valence-electron chi connectivity index (χ4n) is 6.20. The topological polar surface area (TPSA) is 477 Å². The Morgan fingerprint density at radius 3 is 1.37 bits per heavy atom. The summed E-state index contributed by atoms with van der Waals surface area (Å²) in [5.74, 6) is 0.903. The number of aliphatic carboxylic acids is 2. The molecular weight excluding hydrogens is 1420 g/mol. The lowest BCUT2D eigenvalue weighted by Crippen LogP contribution is -2.60. The molecule has 0 bridgehead atoms. The molecule has 8 N–H and O–H groups in total. The van der Waals surface area contributed by atoms with Gasteiger partial charge in [-0.05, 0) is 35.4 Å². The first kappa shape index (κ1) is 91.3. The molecule has 7 amide bonds. The van der Waals surface area contributed by atoms with E-state index in [0.29, 0.717) is 23.3 Å². The summed E-state index contributed by atoms with van der Waals surface area (Å²) in [5, 5.41) is 34.3. The lowest BCUT2D eigenvalue weighted by Gasteiger charge is -2.31. The number of methoxy groups -OCH3 is 12. The highest BCUT2D eigenvalue weighted by Gasteiger charge is 2.45. The molecule has 5 unspecified atom stereocenters. The van der Waals surface area contributed by atoms with Crippen molar-refractivity contribution in [3.05, 3.63) is 58.7 Å². The number of carbonyl (C=O) groups excluding carboxylic acids is 12. The van der Waals surface area contributed by atoms with Crippen LogP contribution < -0.4 is 36.1 Å². The summed E-state index contributed by atoms with van der Waals surface area (Å²) < 4.78 is 54.3. The highest BCUT2D eigenvalue weighted by atomic mass is 79.9. The molecule has 0 saturated carbocycles. The van der Waals surface area contributed by atoms with Crippen LogP contribution in [0.5, 0.6) is 11.5 Å². The zero-order chi connectivity index (χ0) is 75.6. The first-order valence-electron chi connectivity index (χ1n) is 27.1. The highest BCUT2D eigenvalue weighted by Crippen LogP contribution is 2.29. The third-order valence-electron chi connectivity index (χ3n) is 10.8. The van der Waals surface area contributed by atoms with Crippen LogP contribution in [0.15, 0.2) is 36.4 Å². The second kappa shape index (κ2) is 47.0. The van der Waals surface area contributed by atoms with Crippen LogP contribution in [0.1, 0.15) is 31.8 Å². The van der Waals surface area contributed by atoms with E-state index in [1.165, 1.54) is 61.8 Å². The Morgan fingerprint density at radius 2 is 1.00 bits per heavy atom. The van der Waals surface area contributed by atoms with Crippen LogP contribution >= 0.6 is 27.5 Å². The first-order valence-corrected chi connectivity index (χ1v) is 35.7. The van der Waals surface area contributed by atoms with E-state index < -0.39 is 112 Å². The van der Waals surface area contributed by atoms with Crippen molar-refractivity contribution in [1.82, 2.24) is 36.4 Å². The average Bonchev–Trinajstić information content (AvgIpc) is 1.67. The van der Waals surface area contributed by atoms with Crippen molar-refractivity contribution >= 4 is 128 Å². The number of hydrogen-bond acceptors (Lipinski definition) is 27. The number of carboxylic acids is 2. The number of aldehydes is 1. The summed E-state index contributed by atoms with van der Waals surface area (Å²) >= 11 is 8.60. The number of rotatable bonds is 17. The molecule has 36 nitrogen and oxygen atoms in total. The minimum atomic E-state index is -1.92. The number of aliphatic hydroxyl groups excluding tert-OH is 1. The zero-order valence-electron chi connectivity index (χ0n) is 56.3. The monoisotopic (exact) mass is 1500 g/mol. The molecule has 0 radical (unpaired) electrons. The number of ether oxygens (including phenoxy) is 12. The Morgan fingerprint density at radius 1 is 0.588 bits per heavy atom. The van der Waals surface area contributed by atoms with E-state index in [0.717, 1.165) is 43.8 Å². The number of amides is 7. The van der Waals surface area contributed by atoms with E-state index in [4.69, 9.17) is 50.7 Å². The van der Waals surface area contributed by atoms with Crippen LogP contribution in [-0.2, 0) is 94.0 Å². The van der Waals surface area contributed by atoms with E-state index in [1.807, 2.05) is 56.7 Å². The van der Waals surface area contributed by atoms with Gasteiger partial charge in [0.1, 0.15) is 27.6 Å². The van der Waals surface area contributed by atoms with Crippen molar-refractivity contribution < 1.29 is 139 Å². The third kappa shape index (κ3) is 36.5. The van der Waals surface area contributed by atoms with Gasteiger partial charge >= 0.3 is 66.3 Å². The molecule has 2 heterocycles.